The van der Waals surface area contributed by atoms with E-state index in [1.165, 1.54) is 10.8 Å². The quantitative estimate of drug-likeness (QED) is 0.699. The van der Waals surface area contributed by atoms with Crippen LogP contribution >= 0.6 is 0 Å². The Morgan fingerprint density at radius 3 is 2.37 bits per heavy atom. The summed E-state index contributed by atoms with van der Waals surface area (Å²) in [5.74, 6) is 1.08. The molecule has 0 unspecified atom stereocenters. The highest BCUT2D eigenvalue weighted by atomic mass is 16.5. The van der Waals surface area contributed by atoms with E-state index in [4.69, 9.17) is 4.74 Å². The molecule has 1 fully saturated rings. The number of hydrogen-bond donors (Lipinski definition) is 0. The van der Waals surface area contributed by atoms with Gasteiger partial charge in [-0.1, -0.05) is 24.3 Å². The number of ether oxygens (including phenoxy) is 1. The van der Waals surface area contributed by atoms with Crippen LogP contribution in [0, 0.1) is 0 Å². The van der Waals surface area contributed by atoms with Crippen molar-refractivity contribution >= 4 is 16.6 Å². The first-order valence-corrected chi connectivity index (χ1v) is 5.61. The molecule has 2 aromatic rings. The first kappa shape index (κ1) is 17.3. The molecule has 0 spiro atoms. The summed E-state index contributed by atoms with van der Waals surface area (Å²) >= 11 is 0. The zero-order chi connectivity index (χ0) is 10.8. The van der Waals surface area contributed by atoms with E-state index in [1.807, 2.05) is 6.20 Å². The summed E-state index contributed by atoms with van der Waals surface area (Å²) < 4.78 is 5.36. The molecule has 1 aliphatic heterocycles. The van der Waals surface area contributed by atoms with E-state index in [0.717, 1.165) is 32.1 Å². The zero-order valence-corrected chi connectivity index (χ0v) is 10.6. The summed E-state index contributed by atoms with van der Waals surface area (Å²) in [6.45, 7) is 3.46. The van der Waals surface area contributed by atoms with Crippen molar-refractivity contribution in [1.29, 1.82) is 0 Å². The third-order valence-electron chi connectivity index (χ3n) is 2.96. The van der Waals surface area contributed by atoms with Crippen molar-refractivity contribution in [2.75, 3.05) is 31.2 Å². The monoisotopic (exact) mass is 268 g/mol. The first-order chi connectivity index (χ1) is 7.95. The summed E-state index contributed by atoms with van der Waals surface area (Å²) in [5.41, 5.74) is 0. The molecule has 6 nitrogen and oxygen atoms in total. The maximum absolute atomic E-state index is 5.36. The molecule has 0 aliphatic carbocycles. The van der Waals surface area contributed by atoms with Gasteiger partial charge in [-0.05, 0) is 11.5 Å². The van der Waals surface area contributed by atoms with E-state index in [2.05, 4.69) is 40.2 Å². The summed E-state index contributed by atoms with van der Waals surface area (Å²) in [7, 11) is 0. The van der Waals surface area contributed by atoms with E-state index < -0.39 is 0 Å². The van der Waals surface area contributed by atoms with Crippen LogP contribution in [0.25, 0.3) is 10.8 Å². The molecule has 0 amide bonds. The minimum absolute atomic E-state index is 0. The molecule has 0 atom stereocenters. The molecule has 1 aromatic heterocycles. The Labute approximate surface area is 111 Å². The van der Waals surface area contributed by atoms with Crippen LogP contribution in [-0.2, 0) is 4.74 Å². The minimum Gasteiger partial charge on any atom is -0.412 e. The highest BCUT2D eigenvalue weighted by Gasteiger charge is 2.14. The predicted molar refractivity (Wildman–Crippen MR) is 75.6 cm³/mol. The maximum Gasteiger partial charge on any atom is 0.136 e. The number of nitrogens with zero attached hydrogens (tertiary/aromatic N) is 2. The van der Waals surface area contributed by atoms with Gasteiger partial charge in [0.1, 0.15) is 5.82 Å². The Kier molecular flexibility index (Phi) is 6.95. The van der Waals surface area contributed by atoms with Crippen LogP contribution in [-0.4, -0.2) is 47.7 Å². The van der Waals surface area contributed by atoms with Gasteiger partial charge in [-0.25, -0.2) is 4.98 Å². The number of pyridine rings is 1. The van der Waals surface area contributed by atoms with Gasteiger partial charge in [-0.3, -0.25) is 0 Å². The number of aromatic nitrogens is 1. The van der Waals surface area contributed by atoms with Crippen molar-refractivity contribution in [3.05, 3.63) is 36.5 Å². The van der Waals surface area contributed by atoms with Crippen molar-refractivity contribution in [3.63, 3.8) is 0 Å². The molecule has 0 radical (unpaired) electrons. The van der Waals surface area contributed by atoms with Gasteiger partial charge in [0, 0.05) is 24.7 Å². The van der Waals surface area contributed by atoms with Crippen LogP contribution in [0.1, 0.15) is 0 Å². The number of fused-ring (bicyclic) bond motifs is 1. The molecule has 6 N–H and O–H groups in total. The molecule has 1 aromatic carbocycles. The predicted octanol–water partition coefficient (Wildman–Crippen LogP) is -0.403. The second-order valence-corrected chi connectivity index (χ2v) is 3.96. The molecule has 19 heavy (non-hydrogen) atoms. The van der Waals surface area contributed by atoms with Crippen LogP contribution < -0.4 is 4.90 Å². The number of benzene rings is 1. The highest BCUT2D eigenvalue weighted by Crippen LogP contribution is 2.24. The Balaban J connectivity index is 0.00000108. The fraction of sp³-hybridized carbons (Fsp3) is 0.308. The number of hydrogen-bond acceptors (Lipinski definition) is 3. The Morgan fingerprint density at radius 1 is 0.947 bits per heavy atom. The third-order valence-corrected chi connectivity index (χ3v) is 2.96. The SMILES string of the molecule is O.O.O.c1ccc2c(N3CCOCC3)nccc2c1. The molecule has 1 aliphatic rings. The average molecular weight is 268 g/mol. The Hall–Kier alpha value is -1.73. The van der Waals surface area contributed by atoms with Crippen LogP contribution in [0.2, 0.25) is 0 Å². The summed E-state index contributed by atoms with van der Waals surface area (Å²) in [6.07, 6.45) is 1.88. The van der Waals surface area contributed by atoms with Crippen molar-refractivity contribution < 1.29 is 21.2 Å². The van der Waals surface area contributed by atoms with E-state index in [9.17, 15) is 0 Å². The van der Waals surface area contributed by atoms with Gasteiger partial charge in [-0.2, -0.15) is 0 Å². The van der Waals surface area contributed by atoms with Crippen molar-refractivity contribution in [2.45, 2.75) is 0 Å². The molecular formula is C13H20N2O4. The Bertz CT molecular complexity index is 495. The van der Waals surface area contributed by atoms with Crippen LogP contribution in [0.3, 0.4) is 0 Å². The van der Waals surface area contributed by atoms with Gasteiger partial charge in [0.15, 0.2) is 0 Å². The molecule has 6 heteroatoms. The van der Waals surface area contributed by atoms with Crippen LogP contribution in [0.5, 0.6) is 0 Å². The standard InChI is InChI=1S/C13H14N2O.3H2O/c1-2-4-12-11(3-1)5-6-14-13(12)15-7-9-16-10-8-15;;;/h1-6H,7-10H2;3*1H2. The maximum atomic E-state index is 5.36. The lowest BCUT2D eigenvalue weighted by Crippen LogP contribution is -2.36. The van der Waals surface area contributed by atoms with Gasteiger partial charge in [0.2, 0.25) is 0 Å². The van der Waals surface area contributed by atoms with E-state index >= 15 is 0 Å². The molecule has 1 saturated heterocycles. The summed E-state index contributed by atoms with van der Waals surface area (Å²) in [5, 5.41) is 2.48. The van der Waals surface area contributed by atoms with Crippen LogP contribution in [0.4, 0.5) is 5.82 Å². The fourth-order valence-electron chi connectivity index (χ4n) is 2.13. The summed E-state index contributed by atoms with van der Waals surface area (Å²) in [6, 6.07) is 10.4. The third kappa shape index (κ3) is 3.39. The molecule has 106 valence electrons. The van der Waals surface area contributed by atoms with E-state index in [0.29, 0.717) is 0 Å². The van der Waals surface area contributed by atoms with Gasteiger partial charge in [0.05, 0.1) is 13.2 Å². The normalized spacial score (nSPS) is 14.0. The number of morpholine rings is 1. The highest BCUT2D eigenvalue weighted by molar-refractivity contribution is 5.92. The molecule has 2 heterocycles. The van der Waals surface area contributed by atoms with Crippen molar-refractivity contribution in [1.82, 2.24) is 4.98 Å². The van der Waals surface area contributed by atoms with Crippen molar-refractivity contribution in [2.24, 2.45) is 0 Å². The zero-order valence-electron chi connectivity index (χ0n) is 10.6. The smallest absolute Gasteiger partial charge is 0.136 e. The lowest BCUT2D eigenvalue weighted by atomic mass is 10.1. The lowest BCUT2D eigenvalue weighted by molar-refractivity contribution is 0.122. The lowest BCUT2D eigenvalue weighted by Gasteiger charge is -2.28. The molecule has 0 bridgehead atoms. The first-order valence-electron chi connectivity index (χ1n) is 5.61. The number of rotatable bonds is 1. The Morgan fingerprint density at radius 2 is 1.63 bits per heavy atom. The average Bonchev–Trinajstić information content (AvgIpc) is 2.39. The van der Waals surface area contributed by atoms with Crippen LogP contribution in [0.15, 0.2) is 36.5 Å². The van der Waals surface area contributed by atoms with E-state index in [1.54, 1.807) is 0 Å². The second kappa shape index (κ2) is 7.65. The van der Waals surface area contributed by atoms with Gasteiger partial charge in [0.25, 0.3) is 0 Å². The minimum atomic E-state index is 0. The fourth-order valence-corrected chi connectivity index (χ4v) is 2.13. The van der Waals surface area contributed by atoms with Crippen molar-refractivity contribution in [3.8, 4) is 0 Å². The largest absolute Gasteiger partial charge is 0.412 e. The molecule has 3 rings (SSSR count). The van der Waals surface area contributed by atoms with Gasteiger partial charge >= 0.3 is 0 Å². The van der Waals surface area contributed by atoms with Gasteiger partial charge in [-0.15, -0.1) is 0 Å². The summed E-state index contributed by atoms with van der Waals surface area (Å²) in [4.78, 5) is 6.80. The topological polar surface area (TPSA) is 120 Å². The second-order valence-electron chi connectivity index (χ2n) is 3.96. The van der Waals surface area contributed by atoms with Gasteiger partial charge < -0.3 is 26.1 Å². The number of anilines is 1. The molecule has 0 saturated carbocycles. The van der Waals surface area contributed by atoms with E-state index in [-0.39, 0.29) is 16.4 Å². The molecular weight excluding hydrogens is 248 g/mol.